The van der Waals surface area contributed by atoms with Crippen LogP contribution >= 0.6 is 0 Å². The van der Waals surface area contributed by atoms with Gasteiger partial charge in [0, 0.05) is 38.0 Å². The Labute approximate surface area is 170 Å². The van der Waals surface area contributed by atoms with E-state index >= 15 is 0 Å². The number of piperidine rings is 1. The van der Waals surface area contributed by atoms with Gasteiger partial charge in [-0.05, 0) is 32.8 Å². The van der Waals surface area contributed by atoms with E-state index < -0.39 is 0 Å². The van der Waals surface area contributed by atoms with Gasteiger partial charge in [-0.15, -0.1) is 0 Å². The summed E-state index contributed by atoms with van der Waals surface area (Å²) >= 11 is 0. The van der Waals surface area contributed by atoms with E-state index in [-0.39, 0.29) is 6.10 Å². The Kier molecular flexibility index (Phi) is 6.01. The fourth-order valence-electron chi connectivity index (χ4n) is 3.58. The van der Waals surface area contributed by atoms with Crippen LogP contribution in [0.2, 0.25) is 0 Å². The number of methoxy groups -OCH3 is 1. The number of ether oxygens (including phenoxy) is 2. The molecule has 1 fully saturated rings. The molecule has 1 aliphatic heterocycles. The van der Waals surface area contributed by atoms with E-state index in [1.807, 2.05) is 12.4 Å². The van der Waals surface area contributed by atoms with E-state index in [0.717, 1.165) is 48.2 Å². The Morgan fingerprint density at radius 1 is 1.14 bits per heavy atom. The van der Waals surface area contributed by atoms with Crippen molar-refractivity contribution in [2.45, 2.75) is 38.8 Å². The summed E-state index contributed by atoms with van der Waals surface area (Å²) in [5.41, 5.74) is 3.52. The van der Waals surface area contributed by atoms with Gasteiger partial charge in [0.15, 0.2) is 0 Å². The third-order valence-corrected chi connectivity index (χ3v) is 5.24. The lowest BCUT2D eigenvalue weighted by molar-refractivity contribution is 0.00598. The molecular formula is C21H27N6O2. The van der Waals surface area contributed by atoms with Crippen molar-refractivity contribution >= 4 is 17.0 Å². The molecular weight excluding hydrogens is 368 g/mol. The van der Waals surface area contributed by atoms with Crippen molar-refractivity contribution in [3.63, 3.8) is 0 Å². The second kappa shape index (κ2) is 8.84. The van der Waals surface area contributed by atoms with Crippen LogP contribution in [0.3, 0.4) is 0 Å². The summed E-state index contributed by atoms with van der Waals surface area (Å²) < 4.78 is 13.0. The van der Waals surface area contributed by atoms with Gasteiger partial charge in [0.05, 0.1) is 43.1 Å². The van der Waals surface area contributed by atoms with Crippen LogP contribution in [0.25, 0.3) is 22.3 Å². The number of rotatable bonds is 7. The molecule has 0 unspecified atom stereocenters. The highest BCUT2D eigenvalue weighted by molar-refractivity contribution is 5.79. The van der Waals surface area contributed by atoms with Crippen LogP contribution < -0.4 is 4.90 Å². The molecule has 0 saturated carbocycles. The number of anilines is 1. The number of fused-ring (bicyclic) bond motifs is 1. The van der Waals surface area contributed by atoms with Crippen molar-refractivity contribution < 1.29 is 9.47 Å². The van der Waals surface area contributed by atoms with Gasteiger partial charge in [-0.2, -0.15) is 0 Å². The first-order valence-corrected chi connectivity index (χ1v) is 10.1. The fourth-order valence-corrected chi connectivity index (χ4v) is 3.58. The molecule has 4 heterocycles. The lowest BCUT2D eigenvalue weighted by Gasteiger charge is -2.31. The van der Waals surface area contributed by atoms with Crippen molar-refractivity contribution in [1.29, 1.82) is 0 Å². The quantitative estimate of drug-likeness (QED) is 0.569. The average molecular weight is 395 g/mol. The van der Waals surface area contributed by atoms with E-state index in [9.17, 15) is 0 Å². The summed E-state index contributed by atoms with van der Waals surface area (Å²) in [7, 11) is 1.69. The van der Waals surface area contributed by atoms with Crippen molar-refractivity contribution in [3.8, 4) is 11.3 Å². The molecule has 29 heavy (non-hydrogen) atoms. The molecule has 0 atom stereocenters. The summed E-state index contributed by atoms with van der Waals surface area (Å²) in [6, 6.07) is 2.36. The van der Waals surface area contributed by atoms with E-state index in [1.54, 1.807) is 19.5 Å². The van der Waals surface area contributed by atoms with Crippen LogP contribution in [0, 0.1) is 6.20 Å². The first kappa shape index (κ1) is 19.7. The summed E-state index contributed by atoms with van der Waals surface area (Å²) in [4.78, 5) is 20.1. The second-order valence-corrected chi connectivity index (χ2v) is 7.55. The molecule has 0 spiro atoms. The zero-order valence-corrected chi connectivity index (χ0v) is 17.2. The van der Waals surface area contributed by atoms with Gasteiger partial charge >= 0.3 is 0 Å². The van der Waals surface area contributed by atoms with Gasteiger partial charge in [0.2, 0.25) is 5.95 Å². The zero-order chi connectivity index (χ0) is 20.2. The van der Waals surface area contributed by atoms with Crippen LogP contribution in [-0.4, -0.2) is 64.0 Å². The molecule has 3 aromatic rings. The summed E-state index contributed by atoms with van der Waals surface area (Å²) in [6.45, 7) is 7.31. The van der Waals surface area contributed by atoms with Crippen LogP contribution in [0.15, 0.2) is 24.8 Å². The molecule has 0 bridgehead atoms. The van der Waals surface area contributed by atoms with Crippen molar-refractivity contribution in [2.24, 2.45) is 0 Å². The molecule has 0 amide bonds. The molecule has 1 aliphatic rings. The smallest absolute Gasteiger partial charge is 0.225 e. The lowest BCUT2D eigenvalue weighted by atomic mass is 10.1. The predicted octanol–water partition coefficient (Wildman–Crippen LogP) is 2.90. The average Bonchev–Trinajstić information content (AvgIpc) is 3.18. The number of imidazole rings is 1. The second-order valence-electron chi connectivity index (χ2n) is 7.55. The summed E-state index contributed by atoms with van der Waals surface area (Å²) in [6.07, 6.45) is 10.8. The van der Waals surface area contributed by atoms with Crippen LogP contribution in [0.4, 0.5) is 5.95 Å². The molecule has 3 aromatic heterocycles. The van der Waals surface area contributed by atoms with Crippen molar-refractivity contribution in [1.82, 2.24) is 24.5 Å². The predicted molar refractivity (Wildman–Crippen MR) is 111 cm³/mol. The molecule has 153 valence electrons. The van der Waals surface area contributed by atoms with Crippen LogP contribution in [0.5, 0.6) is 0 Å². The maximum atomic E-state index is 5.82. The molecule has 0 aromatic carbocycles. The fraction of sp³-hybridized carbons (Fsp3) is 0.524. The largest absolute Gasteiger partial charge is 0.382 e. The number of hydrogen-bond acceptors (Lipinski definition) is 7. The van der Waals surface area contributed by atoms with Gasteiger partial charge < -0.3 is 18.9 Å². The molecule has 1 radical (unpaired) electrons. The molecule has 0 N–H and O–H groups in total. The molecule has 1 saturated heterocycles. The van der Waals surface area contributed by atoms with E-state index in [1.165, 1.54) is 0 Å². The minimum atomic E-state index is 0.284. The van der Waals surface area contributed by atoms with Gasteiger partial charge in [-0.25, -0.2) is 15.0 Å². The van der Waals surface area contributed by atoms with Crippen molar-refractivity contribution in [3.05, 3.63) is 31.0 Å². The molecule has 8 nitrogen and oxygen atoms in total. The zero-order valence-electron chi connectivity index (χ0n) is 17.2. The monoisotopic (exact) mass is 395 g/mol. The van der Waals surface area contributed by atoms with Crippen molar-refractivity contribution in [2.75, 3.05) is 38.3 Å². The van der Waals surface area contributed by atoms with E-state index in [4.69, 9.17) is 9.47 Å². The first-order valence-electron chi connectivity index (χ1n) is 10.1. The van der Waals surface area contributed by atoms with Crippen LogP contribution in [0.1, 0.15) is 32.7 Å². The minimum absolute atomic E-state index is 0.284. The van der Waals surface area contributed by atoms with Gasteiger partial charge in [-0.1, -0.05) is 0 Å². The summed E-state index contributed by atoms with van der Waals surface area (Å²) in [5, 5.41) is 0. The normalized spacial score (nSPS) is 15.5. The third-order valence-electron chi connectivity index (χ3n) is 5.24. The number of aromatic nitrogens is 5. The minimum Gasteiger partial charge on any atom is -0.382 e. The topological polar surface area (TPSA) is 78.2 Å². The highest BCUT2D eigenvalue weighted by Crippen LogP contribution is 2.24. The van der Waals surface area contributed by atoms with E-state index in [0.29, 0.717) is 25.2 Å². The first-order chi connectivity index (χ1) is 14.2. The Morgan fingerprint density at radius 3 is 2.66 bits per heavy atom. The SMILES string of the molecule is COCCOC1CCN(c2n[c]c(-c3cc4c(cn3)ncn4C(C)C)cn2)CC1. The van der Waals surface area contributed by atoms with Crippen LogP contribution in [-0.2, 0) is 9.47 Å². The highest BCUT2D eigenvalue weighted by Gasteiger charge is 2.21. The Balaban J connectivity index is 1.43. The Bertz CT molecular complexity index is 932. The number of hydrogen-bond donors (Lipinski definition) is 0. The molecule has 0 aliphatic carbocycles. The number of pyridine rings is 1. The standard InChI is InChI=1S/C21H27N6O2/c1-15(2)27-14-25-19-13-22-18(10-20(19)27)16-11-23-21(24-12-16)26-6-4-17(5-7-26)29-9-8-28-3/h10-11,13-15,17H,4-9H2,1-3H3. The summed E-state index contributed by atoms with van der Waals surface area (Å²) in [5.74, 6) is 0.706. The molecule has 8 heteroatoms. The Hall–Kier alpha value is -2.58. The highest BCUT2D eigenvalue weighted by atomic mass is 16.5. The van der Waals surface area contributed by atoms with Gasteiger partial charge in [0.25, 0.3) is 0 Å². The third kappa shape index (κ3) is 4.38. The van der Waals surface area contributed by atoms with E-state index in [2.05, 4.69) is 49.4 Å². The van der Waals surface area contributed by atoms with Gasteiger partial charge in [-0.3, -0.25) is 4.98 Å². The molecule has 4 rings (SSSR count). The maximum Gasteiger partial charge on any atom is 0.225 e. The Morgan fingerprint density at radius 2 is 1.97 bits per heavy atom. The number of nitrogens with zero attached hydrogens (tertiary/aromatic N) is 6. The van der Waals surface area contributed by atoms with Gasteiger partial charge in [0.1, 0.15) is 11.7 Å². The lowest BCUT2D eigenvalue weighted by Crippen LogP contribution is -2.38. The maximum absolute atomic E-state index is 5.82.